The normalized spacial score (nSPS) is 9.68. The van der Waals surface area contributed by atoms with Crippen molar-refractivity contribution in [2.75, 3.05) is 65.9 Å². The summed E-state index contributed by atoms with van der Waals surface area (Å²) >= 11 is 1.75. The molecule has 0 radical (unpaired) electrons. The number of sulfone groups is 1. The van der Waals surface area contributed by atoms with E-state index in [4.69, 9.17) is 0 Å². The second kappa shape index (κ2) is 55.4. The van der Waals surface area contributed by atoms with Gasteiger partial charge in [0.05, 0.1) is 7.11 Å². The number of fused-ring (bicyclic) bond motifs is 3. The van der Waals surface area contributed by atoms with E-state index in [0.29, 0.717) is 0 Å². The number of nitrogens with one attached hydrogen (secondary N) is 1. The molecule has 18 heteroatoms. The van der Waals surface area contributed by atoms with Crippen molar-refractivity contribution in [2.45, 2.75) is 147 Å². The molecular formula is C47H103F6NO8S3. The minimum atomic E-state index is -5.24. The van der Waals surface area contributed by atoms with Crippen LogP contribution in [0.5, 0.6) is 0 Å². The fourth-order valence-electron chi connectivity index (χ4n) is 2.83. The first kappa shape index (κ1) is 109. The van der Waals surface area contributed by atoms with Gasteiger partial charge in [-0.15, -0.1) is 0 Å². The van der Waals surface area contributed by atoms with Crippen LogP contribution in [0.4, 0.5) is 26.3 Å². The average molecular weight is 1020 g/mol. The molecule has 3 rings (SSSR count). The summed E-state index contributed by atoms with van der Waals surface area (Å²) in [5.74, 6) is -0.0741. The number of hydrogen-bond acceptors (Lipinski definition) is 9. The van der Waals surface area contributed by atoms with Gasteiger partial charge in [0, 0.05) is 76.4 Å². The van der Waals surface area contributed by atoms with E-state index < -0.39 is 38.4 Å². The molecule has 404 valence electrons. The molecule has 0 atom stereocenters. The lowest BCUT2D eigenvalue weighted by Gasteiger charge is -2.29. The Kier molecular flexibility index (Phi) is 92.9. The Bertz CT molecular complexity index is 1380. The standard InChI is InChI=1S/C15H14.C5H6F6.C3H7NO.C3H6O2.C3H6O.C2H6O2S.C2H6OS.C2H6O.C2H6S.10CH4/c1-15(2)13-9-5-3-7-11(13)12-8-4-6-10-14(12)15;1-3(2,4(6,7)8)5(9,10)11;1-3(5)4-2;1-3(4)5-2;1-3(2)4;1-5(2,3)4;1-4(2)3;2*1-3-2;;;;;;;;;;/h3-10H,1-2H3;1-2H3;1-2H3,(H,4,5);1-2H3;1-2H3;1-2H3;1-2H3;2*1-2H3;10*1H4. The van der Waals surface area contributed by atoms with Gasteiger partial charge in [0.1, 0.15) is 15.6 Å². The molecule has 0 bridgehead atoms. The molecule has 2 aromatic carbocycles. The van der Waals surface area contributed by atoms with Crippen molar-refractivity contribution < 1.29 is 62.8 Å². The number of ether oxygens (including phenoxy) is 2. The maximum absolute atomic E-state index is 11.6. The van der Waals surface area contributed by atoms with E-state index in [9.17, 15) is 53.4 Å². The number of halogens is 6. The predicted molar refractivity (Wildman–Crippen MR) is 284 cm³/mol. The fraction of sp³-hybridized carbons (Fsp3) is 0.681. The Morgan fingerprint density at radius 3 is 0.908 bits per heavy atom. The Balaban J connectivity index is -0.0000000311. The van der Waals surface area contributed by atoms with E-state index in [2.05, 4.69) is 77.2 Å². The number of rotatable bonds is 0. The zero-order valence-corrected chi connectivity index (χ0v) is 37.8. The molecular weight excluding hydrogens is 917 g/mol. The molecule has 0 spiro atoms. The van der Waals surface area contributed by atoms with Crippen molar-refractivity contribution in [3.05, 3.63) is 59.7 Å². The van der Waals surface area contributed by atoms with Gasteiger partial charge in [-0.2, -0.15) is 38.1 Å². The van der Waals surface area contributed by atoms with Crippen molar-refractivity contribution >= 4 is 50.1 Å². The molecule has 2 aromatic rings. The summed E-state index contributed by atoms with van der Waals surface area (Å²) < 4.78 is 107. The minimum Gasteiger partial charge on any atom is -0.469 e. The van der Waals surface area contributed by atoms with Gasteiger partial charge in [0.15, 0.2) is 5.41 Å². The third kappa shape index (κ3) is 65.4. The number of amides is 1. The number of carbonyl (C=O) groups is 3. The summed E-state index contributed by atoms with van der Waals surface area (Å²) in [5, 5.41) is 2.39. The van der Waals surface area contributed by atoms with Gasteiger partial charge >= 0.3 is 18.3 Å². The number of esters is 1. The summed E-state index contributed by atoms with van der Waals surface area (Å²) in [4.78, 5) is 28.7. The molecule has 1 N–H and O–H groups in total. The average Bonchev–Trinajstić information content (AvgIpc) is 3.23. The van der Waals surface area contributed by atoms with Gasteiger partial charge < -0.3 is 19.6 Å². The minimum absolute atomic E-state index is 0. The topological polar surface area (TPSA) is 133 Å². The molecule has 65 heavy (non-hydrogen) atoms. The van der Waals surface area contributed by atoms with Gasteiger partial charge in [-0.3, -0.25) is 13.8 Å². The molecule has 1 aliphatic rings. The number of carbonyl (C=O) groups excluding carboxylic acids is 3. The maximum Gasteiger partial charge on any atom is 0.402 e. The van der Waals surface area contributed by atoms with E-state index in [1.165, 1.54) is 57.1 Å². The monoisotopic (exact) mass is 1020 g/mol. The summed E-state index contributed by atoms with van der Waals surface area (Å²) in [6, 6.07) is 17.4. The fourth-order valence-corrected chi connectivity index (χ4v) is 2.83. The molecule has 0 unspecified atom stereocenters. The predicted octanol–water partition coefficient (Wildman–Crippen LogP) is 14.9. The van der Waals surface area contributed by atoms with Crippen LogP contribution in [0.2, 0.25) is 0 Å². The first-order valence-electron chi connectivity index (χ1n) is 15.8. The van der Waals surface area contributed by atoms with Crippen molar-refractivity contribution in [3.63, 3.8) is 0 Å². The highest BCUT2D eigenvalue weighted by atomic mass is 32.2. The Morgan fingerprint density at radius 2 is 0.800 bits per heavy atom. The zero-order chi connectivity index (χ0) is 45.6. The van der Waals surface area contributed by atoms with E-state index in [0.717, 1.165) is 12.5 Å². The quantitative estimate of drug-likeness (QED) is 0.202. The van der Waals surface area contributed by atoms with Crippen molar-refractivity contribution in [2.24, 2.45) is 5.41 Å². The summed E-state index contributed by atoms with van der Waals surface area (Å²) in [5.41, 5.74) is 2.24. The Morgan fingerprint density at radius 1 is 0.646 bits per heavy atom. The largest absolute Gasteiger partial charge is 0.469 e. The van der Waals surface area contributed by atoms with Crippen LogP contribution in [0.15, 0.2) is 48.5 Å². The highest BCUT2D eigenvalue weighted by Crippen LogP contribution is 2.49. The van der Waals surface area contributed by atoms with Crippen LogP contribution in [-0.2, 0) is 49.9 Å². The molecule has 0 aliphatic heterocycles. The highest BCUT2D eigenvalue weighted by molar-refractivity contribution is 7.97. The zero-order valence-electron chi connectivity index (χ0n) is 35.4. The first-order valence-corrected chi connectivity index (χ1v) is 21.7. The Hall–Kier alpha value is -2.96. The maximum atomic E-state index is 11.6. The lowest BCUT2D eigenvalue weighted by atomic mass is 9.82. The third-order valence-corrected chi connectivity index (χ3v) is 5.55. The second-order valence-electron chi connectivity index (χ2n) is 12.4. The lowest BCUT2D eigenvalue weighted by molar-refractivity contribution is -0.327. The lowest BCUT2D eigenvalue weighted by Crippen LogP contribution is -2.44. The molecule has 0 fully saturated rings. The number of thioether (sulfide) groups is 1. The molecule has 9 nitrogen and oxygen atoms in total. The van der Waals surface area contributed by atoms with E-state index in [1.54, 1.807) is 45.5 Å². The first-order chi connectivity index (χ1) is 24.5. The number of ketones is 1. The van der Waals surface area contributed by atoms with E-state index in [1.807, 2.05) is 12.5 Å². The van der Waals surface area contributed by atoms with Crippen LogP contribution >= 0.6 is 11.8 Å². The van der Waals surface area contributed by atoms with Crippen LogP contribution in [0.3, 0.4) is 0 Å². The van der Waals surface area contributed by atoms with Crippen molar-refractivity contribution in [1.82, 2.24) is 5.32 Å². The molecule has 0 saturated heterocycles. The van der Waals surface area contributed by atoms with Crippen molar-refractivity contribution in [3.8, 4) is 11.1 Å². The van der Waals surface area contributed by atoms with Crippen LogP contribution in [-0.4, -0.2) is 109 Å². The van der Waals surface area contributed by atoms with E-state index in [-0.39, 0.29) is 111 Å². The molecule has 1 aliphatic carbocycles. The molecule has 1 amide bonds. The number of methoxy groups -OCH3 is 2. The van der Waals surface area contributed by atoms with Crippen LogP contribution < -0.4 is 5.32 Å². The van der Waals surface area contributed by atoms with Gasteiger partial charge in [0.2, 0.25) is 5.91 Å². The van der Waals surface area contributed by atoms with Gasteiger partial charge in [-0.1, -0.05) is 137 Å². The second-order valence-corrected chi connectivity index (χ2v) is 17.0. The number of benzene rings is 2. The van der Waals surface area contributed by atoms with Gasteiger partial charge in [0.25, 0.3) is 0 Å². The third-order valence-electron chi connectivity index (χ3n) is 5.55. The van der Waals surface area contributed by atoms with Gasteiger partial charge in [-0.05, 0) is 62.5 Å². The van der Waals surface area contributed by atoms with Crippen LogP contribution in [0.1, 0.15) is 141 Å². The van der Waals surface area contributed by atoms with Crippen LogP contribution in [0, 0.1) is 5.41 Å². The van der Waals surface area contributed by atoms with E-state index >= 15 is 0 Å². The number of hydrogen-bond donors (Lipinski definition) is 1. The molecule has 0 heterocycles. The molecule has 0 saturated carbocycles. The summed E-state index contributed by atoms with van der Waals surface area (Å²) in [6.45, 7) is 10.7. The highest BCUT2D eigenvalue weighted by Gasteiger charge is 2.64. The number of Topliss-reactive ketones (excluding diaryl/α,β-unsaturated/α-hetero) is 1. The Labute approximate surface area is 406 Å². The molecule has 0 aromatic heterocycles. The SMILES string of the molecule is C.C.C.C.C.C.C.C.C.C.CC(C)(C(F)(F)F)C(F)(F)F.CC(C)=O.CC1(C)c2ccccc2-c2ccccc21.CNC(C)=O.COC.COC(C)=O.CS(C)(=O)=O.CS(C)=O.CSC. The van der Waals surface area contributed by atoms with Crippen LogP contribution in [0.25, 0.3) is 11.1 Å². The smallest absolute Gasteiger partial charge is 0.402 e. The van der Waals surface area contributed by atoms with Gasteiger partial charge in [-0.25, -0.2) is 8.42 Å². The summed E-state index contributed by atoms with van der Waals surface area (Å²) in [7, 11) is 2.92. The number of alkyl halides is 6. The van der Waals surface area contributed by atoms with Crippen molar-refractivity contribution in [1.29, 1.82) is 0 Å². The summed E-state index contributed by atoms with van der Waals surface area (Å²) in [6.07, 6.45) is -0.809.